The van der Waals surface area contributed by atoms with Crippen LogP contribution < -0.4 is 21.2 Å². The molecule has 0 radical (unpaired) electrons. The van der Waals surface area contributed by atoms with E-state index in [1.54, 1.807) is 0 Å². The lowest BCUT2D eigenvalue weighted by molar-refractivity contribution is 0.484. The molecular formula is C26H31N3O2. The highest BCUT2D eigenvalue weighted by Gasteiger charge is 2.18. The maximum Gasteiger partial charge on any atom is 0.344 e. The van der Waals surface area contributed by atoms with E-state index in [1.165, 1.54) is 5.57 Å². The van der Waals surface area contributed by atoms with Crippen molar-refractivity contribution >= 4 is 22.2 Å². The number of benzene rings is 1. The molecule has 3 heterocycles. The summed E-state index contributed by atoms with van der Waals surface area (Å²) in [6.45, 7) is 11.3. The molecule has 1 fully saturated rings. The molecule has 0 saturated carbocycles. The highest BCUT2D eigenvalue weighted by Crippen LogP contribution is 2.27. The lowest BCUT2D eigenvalue weighted by atomic mass is 9.97. The fourth-order valence-electron chi connectivity index (χ4n) is 4.12. The fourth-order valence-corrected chi connectivity index (χ4v) is 4.12. The number of anilines is 1. The molecule has 162 valence electrons. The Morgan fingerprint density at radius 2 is 2.16 bits per heavy atom. The monoisotopic (exact) mass is 417 g/mol. The molecule has 2 aliphatic heterocycles. The molecule has 0 unspecified atom stereocenters. The lowest BCUT2D eigenvalue weighted by Gasteiger charge is -2.33. The molecule has 2 aliphatic rings. The topological polar surface area (TPSA) is 57.5 Å². The van der Waals surface area contributed by atoms with E-state index in [2.05, 4.69) is 61.4 Å². The van der Waals surface area contributed by atoms with Crippen molar-refractivity contribution < 1.29 is 4.42 Å². The Kier molecular flexibility index (Phi) is 6.14. The zero-order valence-corrected chi connectivity index (χ0v) is 18.8. The average Bonchev–Trinajstić information content (AvgIpc) is 2.76. The quantitative estimate of drug-likeness (QED) is 0.705. The zero-order chi connectivity index (χ0) is 22.0. The summed E-state index contributed by atoms with van der Waals surface area (Å²) in [7, 11) is 0. The van der Waals surface area contributed by atoms with Crippen LogP contribution in [0.15, 0.2) is 74.7 Å². The molecule has 2 N–H and O–H groups in total. The molecule has 1 aromatic carbocycles. The summed E-state index contributed by atoms with van der Waals surface area (Å²) in [5, 5.41) is 7.66. The van der Waals surface area contributed by atoms with Gasteiger partial charge in [-0.1, -0.05) is 12.5 Å². The van der Waals surface area contributed by atoms with Crippen LogP contribution >= 0.6 is 0 Å². The SMILES string of the molecule is CC/C(C)=C(/C=C1/C=C(C)C=CN1)c1cc2ccc(N3CCN[C@H](C)C3)cc2oc1=O. The summed E-state index contributed by atoms with van der Waals surface area (Å²) in [5.41, 5.74) is 6.22. The van der Waals surface area contributed by atoms with Crippen LogP contribution in [0.4, 0.5) is 5.69 Å². The molecule has 5 heteroatoms. The van der Waals surface area contributed by atoms with Gasteiger partial charge in [-0.15, -0.1) is 0 Å². The van der Waals surface area contributed by atoms with Crippen molar-refractivity contribution in [3.8, 4) is 0 Å². The largest absolute Gasteiger partial charge is 0.422 e. The third kappa shape index (κ3) is 4.67. The molecule has 31 heavy (non-hydrogen) atoms. The van der Waals surface area contributed by atoms with E-state index in [0.717, 1.165) is 54.0 Å². The number of nitrogens with one attached hydrogen (secondary N) is 2. The van der Waals surface area contributed by atoms with Crippen LogP contribution in [0.25, 0.3) is 16.5 Å². The van der Waals surface area contributed by atoms with Crippen molar-refractivity contribution in [2.75, 3.05) is 24.5 Å². The summed E-state index contributed by atoms with van der Waals surface area (Å²) in [4.78, 5) is 15.4. The number of rotatable bonds is 4. The second kappa shape index (κ2) is 8.98. The number of fused-ring (bicyclic) bond motifs is 1. The first-order chi connectivity index (χ1) is 14.9. The van der Waals surface area contributed by atoms with Gasteiger partial charge < -0.3 is 20.0 Å². The molecule has 1 atom stereocenters. The minimum atomic E-state index is -0.301. The molecule has 4 rings (SSSR count). The average molecular weight is 418 g/mol. The van der Waals surface area contributed by atoms with Crippen molar-refractivity contribution in [2.24, 2.45) is 0 Å². The molecule has 5 nitrogen and oxygen atoms in total. The van der Waals surface area contributed by atoms with Crippen molar-refractivity contribution in [1.29, 1.82) is 0 Å². The second-order valence-electron chi connectivity index (χ2n) is 8.48. The van der Waals surface area contributed by atoms with E-state index >= 15 is 0 Å². The Balaban J connectivity index is 1.75. The van der Waals surface area contributed by atoms with Gasteiger partial charge in [0.2, 0.25) is 0 Å². The van der Waals surface area contributed by atoms with Gasteiger partial charge in [0.05, 0.1) is 5.56 Å². The molecule has 0 bridgehead atoms. The van der Waals surface area contributed by atoms with Gasteiger partial charge in [0.25, 0.3) is 0 Å². The number of hydrogen-bond acceptors (Lipinski definition) is 5. The van der Waals surface area contributed by atoms with Gasteiger partial charge >= 0.3 is 5.63 Å². The van der Waals surface area contributed by atoms with E-state index in [4.69, 9.17) is 4.42 Å². The second-order valence-corrected chi connectivity index (χ2v) is 8.48. The Morgan fingerprint density at radius 3 is 2.90 bits per heavy atom. The minimum Gasteiger partial charge on any atom is -0.422 e. The van der Waals surface area contributed by atoms with E-state index < -0.39 is 0 Å². The standard InChI is InChI=1S/C26H31N3O2/c1-5-18(3)23(14-21-12-17(2)8-9-28-21)24-13-20-6-7-22(15-25(20)31-26(24)30)29-11-10-27-19(4)16-29/h6-9,12-15,19,27-28H,5,10-11,16H2,1-4H3/b21-14-,23-18-/t19-/m1/s1. The predicted octanol–water partition coefficient (Wildman–Crippen LogP) is 4.72. The van der Waals surface area contributed by atoms with Crippen molar-refractivity contribution in [3.63, 3.8) is 0 Å². The summed E-state index contributed by atoms with van der Waals surface area (Å²) >= 11 is 0. The Hall–Kier alpha value is -3.05. The molecule has 0 amide bonds. The van der Waals surface area contributed by atoms with Gasteiger partial charge in [-0.2, -0.15) is 0 Å². The fraction of sp³-hybridized carbons (Fsp3) is 0.346. The third-order valence-electron chi connectivity index (χ3n) is 6.01. The van der Waals surface area contributed by atoms with Crippen LogP contribution in [0.2, 0.25) is 0 Å². The van der Waals surface area contributed by atoms with Gasteiger partial charge in [-0.25, -0.2) is 4.79 Å². The van der Waals surface area contributed by atoms with Crippen LogP contribution in [0.3, 0.4) is 0 Å². The first kappa shape index (κ1) is 21.2. The Morgan fingerprint density at radius 1 is 1.32 bits per heavy atom. The van der Waals surface area contributed by atoms with E-state index in [1.807, 2.05) is 30.5 Å². The van der Waals surface area contributed by atoms with E-state index in [-0.39, 0.29) is 5.63 Å². The van der Waals surface area contributed by atoms with Crippen LogP contribution in [0.5, 0.6) is 0 Å². The molecule has 1 aromatic heterocycles. The Bertz CT molecular complexity index is 1170. The van der Waals surface area contributed by atoms with Crippen LogP contribution in [0.1, 0.15) is 39.7 Å². The first-order valence-electron chi connectivity index (χ1n) is 11.0. The lowest BCUT2D eigenvalue weighted by Crippen LogP contribution is -2.49. The zero-order valence-electron chi connectivity index (χ0n) is 18.8. The maximum absolute atomic E-state index is 13.0. The van der Waals surface area contributed by atoms with Crippen LogP contribution in [-0.2, 0) is 0 Å². The number of nitrogens with zero attached hydrogens (tertiary/aromatic N) is 1. The van der Waals surface area contributed by atoms with Gasteiger partial charge in [-0.3, -0.25) is 0 Å². The summed E-state index contributed by atoms with van der Waals surface area (Å²) < 4.78 is 5.83. The molecule has 0 aliphatic carbocycles. The Labute approximate surface area is 183 Å². The summed E-state index contributed by atoms with van der Waals surface area (Å²) in [6, 6.07) is 8.58. The molecule has 0 spiro atoms. The van der Waals surface area contributed by atoms with Crippen LogP contribution in [0, 0.1) is 0 Å². The number of hydrogen-bond donors (Lipinski definition) is 2. The van der Waals surface area contributed by atoms with Crippen molar-refractivity contribution in [1.82, 2.24) is 10.6 Å². The number of dihydropyridines is 1. The predicted molar refractivity (Wildman–Crippen MR) is 129 cm³/mol. The van der Waals surface area contributed by atoms with E-state index in [9.17, 15) is 4.79 Å². The van der Waals surface area contributed by atoms with Crippen LogP contribution in [-0.4, -0.2) is 25.7 Å². The number of piperazine rings is 1. The summed E-state index contributed by atoms with van der Waals surface area (Å²) in [5.74, 6) is 0. The third-order valence-corrected chi connectivity index (χ3v) is 6.01. The first-order valence-corrected chi connectivity index (χ1v) is 11.0. The van der Waals surface area contributed by atoms with Gasteiger partial charge in [0.15, 0.2) is 0 Å². The van der Waals surface area contributed by atoms with Gasteiger partial charge in [0, 0.05) is 54.7 Å². The van der Waals surface area contributed by atoms with E-state index in [0.29, 0.717) is 17.2 Å². The van der Waals surface area contributed by atoms with Gasteiger partial charge in [0.1, 0.15) is 5.58 Å². The molecule has 2 aromatic rings. The maximum atomic E-state index is 13.0. The molecule has 1 saturated heterocycles. The smallest absolute Gasteiger partial charge is 0.344 e. The molecular weight excluding hydrogens is 386 g/mol. The highest BCUT2D eigenvalue weighted by molar-refractivity contribution is 5.86. The van der Waals surface area contributed by atoms with Crippen molar-refractivity contribution in [3.05, 3.63) is 81.5 Å². The highest BCUT2D eigenvalue weighted by atomic mass is 16.4. The summed E-state index contributed by atoms with van der Waals surface area (Å²) in [6.07, 6.45) is 8.91. The normalized spacial score (nSPS) is 21.2. The minimum absolute atomic E-state index is 0.301. The number of allylic oxidation sites excluding steroid dienone is 6. The van der Waals surface area contributed by atoms with Gasteiger partial charge in [-0.05, 0) is 74.8 Å². The van der Waals surface area contributed by atoms with Crippen molar-refractivity contribution in [2.45, 2.75) is 40.2 Å².